The number of aliphatic carboxylic acids is 3. The van der Waals surface area contributed by atoms with Crippen molar-refractivity contribution in [3.8, 4) is 6.19 Å². The summed E-state index contributed by atoms with van der Waals surface area (Å²) in [6.45, 7) is 0. The predicted octanol–water partition coefficient (Wildman–Crippen LogP) is -2.74. The average Bonchev–Trinajstić information content (AvgIpc) is 2.01. The molecule has 0 aromatic rings. The summed E-state index contributed by atoms with van der Waals surface area (Å²) in [4.78, 5) is 30.5. The number of rotatable bonds is 5. The van der Waals surface area contributed by atoms with Gasteiger partial charge in [0.25, 0.3) is 0 Å². The normalized spacial score (nSPS) is 8.71. The number of nitrogens with zero attached hydrogens (tertiary/aromatic N) is 1. The molecule has 0 aromatic carbocycles. The first-order valence-corrected chi connectivity index (χ1v) is 3.68. The van der Waals surface area contributed by atoms with Gasteiger partial charge in [0.15, 0.2) is 11.8 Å². The van der Waals surface area contributed by atoms with Crippen LogP contribution in [0.5, 0.6) is 0 Å². The summed E-state index contributed by atoms with van der Waals surface area (Å²) in [5.74, 6) is -5.02. The van der Waals surface area contributed by atoms with Crippen LogP contribution in [-0.2, 0) is 14.4 Å². The van der Waals surface area contributed by atoms with Crippen molar-refractivity contribution >= 4 is 55.6 Å². The zero-order chi connectivity index (χ0) is 13.4. The van der Waals surface area contributed by atoms with E-state index in [2.05, 4.69) is 5.73 Å². The van der Waals surface area contributed by atoms with Crippen LogP contribution in [-0.4, -0.2) is 81.7 Å². The van der Waals surface area contributed by atoms with E-state index >= 15 is 0 Å². The Balaban J connectivity index is -0.000000440. The number of nitrogens with two attached hydrogens (primary N) is 1. The molecule has 0 aromatic heterocycles. The fraction of sp³-hybridized carbons (Fsp3) is 0.429. The van der Waals surface area contributed by atoms with E-state index in [4.69, 9.17) is 25.7 Å². The molecule has 0 bridgehead atoms. The maximum absolute atomic E-state index is 10.3. The summed E-state index contributed by atoms with van der Waals surface area (Å²) in [7, 11) is 0. The van der Waals surface area contributed by atoms with Crippen molar-refractivity contribution in [2.45, 2.75) is 18.4 Å². The molecule has 0 spiro atoms. The van der Waals surface area contributed by atoms with E-state index < -0.39 is 36.4 Å². The minimum atomic E-state index is -2.74. The molecule has 10 heteroatoms. The van der Waals surface area contributed by atoms with Crippen molar-refractivity contribution in [1.29, 1.82) is 5.26 Å². The van der Waals surface area contributed by atoms with Gasteiger partial charge in [0, 0.05) is 0 Å². The molecule has 0 saturated carbocycles. The van der Waals surface area contributed by atoms with Gasteiger partial charge in [-0.3, -0.25) is 9.59 Å². The molecule has 0 fully saturated rings. The molecule has 6 N–H and O–H groups in total. The van der Waals surface area contributed by atoms with Gasteiger partial charge in [-0.1, -0.05) is 0 Å². The van der Waals surface area contributed by atoms with Gasteiger partial charge >= 0.3 is 55.6 Å². The Kier molecular flexibility index (Phi) is 12.6. The van der Waals surface area contributed by atoms with Crippen LogP contribution in [0.25, 0.3) is 0 Å². The van der Waals surface area contributed by atoms with Crippen molar-refractivity contribution < 1.29 is 34.8 Å². The second kappa shape index (κ2) is 10.1. The van der Waals surface area contributed by atoms with Gasteiger partial charge in [0.2, 0.25) is 0 Å². The SMILES string of the molecule is N#CN.O=C(O)CC(O)(CC(=O)O)C(=O)O.[CaH2]. The molecule has 0 saturated heterocycles. The number of carboxylic acids is 3. The van der Waals surface area contributed by atoms with Gasteiger partial charge in [0.05, 0.1) is 12.8 Å². The number of hydrogen-bond acceptors (Lipinski definition) is 6. The van der Waals surface area contributed by atoms with Crippen molar-refractivity contribution in [3.05, 3.63) is 0 Å². The van der Waals surface area contributed by atoms with Crippen LogP contribution in [0, 0.1) is 11.5 Å². The molecule has 9 nitrogen and oxygen atoms in total. The van der Waals surface area contributed by atoms with E-state index in [-0.39, 0.29) is 37.7 Å². The first-order chi connectivity index (χ1) is 7.19. The number of nitriles is 1. The Morgan fingerprint density at radius 2 is 1.35 bits per heavy atom. The summed E-state index contributed by atoms with van der Waals surface area (Å²) in [6.07, 6.45) is -1.04. The molecule has 0 unspecified atom stereocenters. The van der Waals surface area contributed by atoms with Gasteiger partial charge in [0.1, 0.15) is 0 Å². The van der Waals surface area contributed by atoms with Crippen LogP contribution >= 0.6 is 0 Å². The Labute approximate surface area is 125 Å². The molecular weight excluding hydrogens is 264 g/mol. The monoisotopic (exact) mass is 276 g/mol. The summed E-state index contributed by atoms with van der Waals surface area (Å²) in [6, 6.07) is 0. The third-order valence-corrected chi connectivity index (χ3v) is 1.29. The first kappa shape index (κ1) is 21.2. The third kappa shape index (κ3) is 11.2. The van der Waals surface area contributed by atoms with Crippen LogP contribution in [0.4, 0.5) is 0 Å². The Hall–Kier alpha value is -1.08. The second-order valence-corrected chi connectivity index (χ2v) is 2.61. The van der Waals surface area contributed by atoms with E-state index in [0.29, 0.717) is 0 Å². The number of aliphatic hydroxyl groups is 1. The first-order valence-electron chi connectivity index (χ1n) is 3.68. The van der Waals surface area contributed by atoms with Crippen LogP contribution in [0.2, 0.25) is 0 Å². The van der Waals surface area contributed by atoms with E-state index in [0.717, 1.165) is 0 Å². The maximum atomic E-state index is 10.3. The van der Waals surface area contributed by atoms with Gasteiger partial charge in [-0.2, -0.15) is 5.26 Å². The zero-order valence-electron chi connectivity index (χ0n) is 7.95. The molecule has 17 heavy (non-hydrogen) atoms. The number of hydrogen-bond donors (Lipinski definition) is 5. The van der Waals surface area contributed by atoms with Crippen LogP contribution < -0.4 is 5.73 Å². The molecular formula is C7H12CaN2O7. The fourth-order valence-electron chi connectivity index (χ4n) is 0.714. The van der Waals surface area contributed by atoms with E-state index in [1.165, 1.54) is 6.19 Å². The molecule has 0 radical (unpaired) electrons. The molecule has 0 rings (SSSR count). The summed E-state index contributed by atoms with van der Waals surface area (Å²) in [5.41, 5.74) is 1.41. The summed E-state index contributed by atoms with van der Waals surface area (Å²) >= 11 is 0. The van der Waals surface area contributed by atoms with E-state index in [9.17, 15) is 14.4 Å². The van der Waals surface area contributed by atoms with Crippen LogP contribution in [0.15, 0.2) is 0 Å². The van der Waals surface area contributed by atoms with Crippen molar-refractivity contribution in [1.82, 2.24) is 0 Å². The standard InChI is InChI=1S/C6H8O7.CH2N2.Ca.2H/c7-3(8)1-6(13,5(11)12)2-4(9)10;2-1-3;;;/h13H,1-2H2,(H,7,8)(H,9,10)(H,11,12);2H2;;;. The van der Waals surface area contributed by atoms with Crippen molar-refractivity contribution in [2.75, 3.05) is 0 Å². The molecule has 94 valence electrons. The van der Waals surface area contributed by atoms with Crippen molar-refractivity contribution in [3.63, 3.8) is 0 Å². The number of carbonyl (C=O) groups is 3. The molecule has 0 aliphatic carbocycles. The molecule has 0 atom stereocenters. The Morgan fingerprint density at radius 1 is 1.12 bits per heavy atom. The summed E-state index contributed by atoms with van der Waals surface area (Å²) < 4.78 is 0. The van der Waals surface area contributed by atoms with Gasteiger partial charge in [-0.25, -0.2) is 4.79 Å². The van der Waals surface area contributed by atoms with E-state index in [1.807, 2.05) is 0 Å². The molecule has 0 aliphatic heterocycles. The molecule has 0 amide bonds. The average molecular weight is 276 g/mol. The van der Waals surface area contributed by atoms with Gasteiger partial charge in [-0.05, 0) is 0 Å². The van der Waals surface area contributed by atoms with Gasteiger partial charge in [-0.15, -0.1) is 0 Å². The molecule has 0 aliphatic rings. The quantitative estimate of drug-likeness (QED) is 0.202. The minimum absolute atomic E-state index is 0. The van der Waals surface area contributed by atoms with Crippen molar-refractivity contribution in [2.24, 2.45) is 5.73 Å². The topological polar surface area (TPSA) is 182 Å². The Morgan fingerprint density at radius 3 is 1.47 bits per heavy atom. The van der Waals surface area contributed by atoms with Crippen LogP contribution in [0.3, 0.4) is 0 Å². The summed E-state index contributed by atoms with van der Waals surface area (Å²) in [5, 5.41) is 40.9. The van der Waals surface area contributed by atoms with E-state index in [1.54, 1.807) is 0 Å². The van der Waals surface area contributed by atoms with Gasteiger partial charge < -0.3 is 26.2 Å². The fourth-order valence-corrected chi connectivity index (χ4v) is 0.714. The molecule has 0 heterocycles. The van der Waals surface area contributed by atoms with Crippen LogP contribution in [0.1, 0.15) is 12.8 Å². The Bertz CT molecular complexity index is 309. The third-order valence-electron chi connectivity index (χ3n) is 1.29. The second-order valence-electron chi connectivity index (χ2n) is 2.61. The zero-order valence-corrected chi connectivity index (χ0v) is 7.95. The number of carboxylic acid groups (broad SMARTS) is 3. The predicted molar refractivity (Wildman–Crippen MR) is 55.4 cm³/mol.